The second kappa shape index (κ2) is 11.8. The van der Waals surface area contributed by atoms with E-state index in [2.05, 4.69) is 42.3 Å². The maximum absolute atomic E-state index is 2.51. The molecule has 0 saturated carbocycles. The van der Waals surface area contributed by atoms with Crippen molar-refractivity contribution in [2.75, 3.05) is 0 Å². The molecule has 1 heterocycles. The third-order valence-electron chi connectivity index (χ3n) is 4.32. The Morgan fingerprint density at radius 2 is 1.48 bits per heavy atom. The van der Waals surface area contributed by atoms with Crippen LogP contribution in [0, 0.1) is 0 Å². The molecule has 0 aliphatic carbocycles. The first-order chi connectivity index (χ1) is 10.3. The van der Waals surface area contributed by atoms with E-state index in [-0.39, 0.29) is 0 Å². The Bertz CT molecular complexity index is 354. The normalized spacial score (nSPS) is 11.2. The molecule has 0 saturated heterocycles. The van der Waals surface area contributed by atoms with Crippen molar-refractivity contribution in [2.45, 2.75) is 104 Å². The molecule has 21 heavy (non-hydrogen) atoms. The van der Waals surface area contributed by atoms with Crippen LogP contribution < -0.4 is 4.57 Å². The SMILES string of the molecule is CCCCCCCCn1cc[n+](CCCCC)c1CCC. The fourth-order valence-electron chi connectivity index (χ4n) is 3.01. The molecule has 122 valence electrons. The largest absolute Gasteiger partial charge is 0.256 e. The molecule has 0 spiro atoms. The molecule has 1 aromatic heterocycles. The number of unbranched alkanes of at least 4 members (excludes halogenated alkanes) is 7. The molecule has 2 nitrogen and oxygen atoms in total. The molecule has 2 heteroatoms. The third-order valence-corrected chi connectivity index (χ3v) is 4.32. The number of hydrogen-bond acceptors (Lipinski definition) is 0. The Hall–Kier alpha value is -0.790. The van der Waals surface area contributed by atoms with Crippen molar-refractivity contribution >= 4 is 0 Å². The summed E-state index contributed by atoms with van der Waals surface area (Å²) in [5, 5.41) is 0. The fraction of sp³-hybridized carbons (Fsp3) is 0.842. The van der Waals surface area contributed by atoms with Gasteiger partial charge in [0.15, 0.2) is 0 Å². The van der Waals surface area contributed by atoms with Crippen molar-refractivity contribution < 1.29 is 4.57 Å². The predicted octanol–water partition coefficient (Wildman–Crippen LogP) is 5.28. The van der Waals surface area contributed by atoms with Gasteiger partial charge in [-0.3, -0.25) is 0 Å². The quantitative estimate of drug-likeness (QED) is 0.346. The van der Waals surface area contributed by atoms with Gasteiger partial charge >= 0.3 is 0 Å². The highest BCUT2D eigenvalue weighted by molar-refractivity contribution is 4.84. The topological polar surface area (TPSA) is 8.81 Å². The molecule has 0 bridgehead atoms. The van der Waals surface area contributed by atoms with Crippen LogP contribution in [-0.2, 0) is 19.5 Å². The summed E-state index contributed by atoms with van der Waals surface area (Å²) in [4.78, 5) is 0. The van der Waals surface area contributed by atoms with Crippen LogP contribution >= 0.6 is 0 Å². The monoisotopic (exact) mass is 293 g/mol. The molecule has 1 rings (SSSR count). The summed E-state index contributed by atoms with van der Waals surface area (Å²) in [6.07, 6.45) is 19.4. The lowest BCUT2D eigenvalue weighted by Gasteiger charge is -2.05. The van der Waals surface area contributed by atoms with Gasteiger partial charge in [0.1, 0.15) is 12.4 Å². The van der Waals surface area contributed by atoms with Gasteiger partial charge in [0.05, 0.1) is 13.1 Å². The van der Waals surface area contributed by atoms with Crippen molar-refractivity contribution in [3.05, 3.63) is 18.2 Å². The van der Waals surface area contributed by atoms with Gasteiger partial charge in [-0.2, -0.15) is 0 Å². The lowest BCUT2D eigenvalue weighted by atomic mass is 10.1. The zero-order valence-electron chi connectivity index (χ0n) is 14.7. The summed E-state index contributed by atoms with van der Waals surface area (Å²) in [7, 11) is 0. The van der Waals surface area contributed by atoms with Crippen LogP contribution in [-0.4, -0.2) is 4.57 Å². The molecule has 0 unspecified atom stereocenters. The van der Waals surface area contributed by atoms with Crippen LogP contribution in [0.4, 0.5) is 0 Å². The number of aromatic nitrogens is 2. The van der Waals surface area contributed by atoms with Gasteiger partial charge in [-0.05, 0) is 32.1 Å². The zero-order chi connectivity index (χ0) is 15.3. The van der Waals surface area contributed by atoms with Crippen LogP contribution in [0.2, 0.25) is 0 Å². The van der Waals surface area contributed by atoms with E-state index in [0.29, 0.717) is 0 Å². The summed E-state index contributed by atoms with van der Waals surface area (Å²) in [5.41, 5.74) is 0. The Balaban J connectivity index is 2.41. The molecular weight excluding hydrogens is 256 g/mol. The van der Waals surface area contributed by atoms with Gasteiger partial charge in [-0.15, -0.1) is 0 Å². The average Bonchev–Trinajstić information content (AvgIpc) is 2.86. The predicted molar refractivity (Wildman–Crippen MR) is 91.5 cm³/mol. The van der Waals surface area contributed by atoms with Gasteiger partial charge < -0.3 is 0 Å². The van der Waals surface area contributed by atoms with Gasteiger partial charge in [-0.1, -0.05) is 52.9 Å². The van der Waals surface area contributed by atoms with E-state index in [4.69, 9.17) is 0 Å². The third kappa shape index (κ3) is 7.15. The Morgan fingerprint density at radius 3 is 2.19 bits per heavy atom. The minimum Gasteiger partial charge on any atom is -0.234 e. The van der Waals surface area contributed by atoms with Crippen LogP contribution in [0.5, 0.6) is 0 Å². The molecule has 0 fully saturated rings. The average molecular weight is 294 g/mol. The van der Waals surface area contributed by atoms with Crippen molar-refractivity contribution in [3.8, 4) is 0 Å². The van der Waals surface area contributed by atoms with Gasteiger partial charge in [0, 0.05) is 6.42 Å². The van der Waals surface area contributed by atoms with E-state index < -0.39 is 0 Å². The molecule has 1 aromatic rings. The molecule has 0 aliphatic heterocycles. The lowest BCUT2D eigenvalue weighted by molar-refractivity contribution is -0.704. The minimum absolute atomic E-state index is 1.20. The van der Waals surface area contributed by atoms with E-state index >= 15 is 0 Å². The number of aryl methyl sites for hydroxylation is 2. The first kappa shape index (κ1) is 18.3. The Kier molecular flexibility index (Phi) is 10.3. The minimum atomic E-state index is 1.20. The summed E-state index contributed by atoms with van der Waals surface area (Å²) in [6, 6.07) is 0. The first-order valence-corrected chi connectivity index (χ1v) is 9.40. The van der Waals surface area contributed by atoms with Crippen molar-refractivity contribution in [3.63, 3.8) is 0 Å². The highest BCUT2D eigenvalue weighted by Crippen LogP contribution is 2.08. The lowest BCUT2D eigenvalue weighted by Crippen LogP contribution is -2.37. The Labute approximate surface area is 132 Å². The second-order valence-corrected chi connectivity index (χ2v) is 6.33. The number of rotatable bonds is 13. The number of imidazole rings is 1. The molecule has 0 amide bonds. The molecule has 0 atom stereocenters. The van der Waals surface area contributed by atoms with Crippen LogP contribution in [0.15, 0.2) is 12.4 Å². The molecular formula is C19H37N2+. The summed E-state index contributed by atoms with van der Waals surface area (Å²) in [5.74, 6) is 1.54. The van der Waals surface area contributed by atoms with E-state index in [0.717, 1.165) is 0 Å². The maximum Gasteiger partial charge on any atom is 0.256 e. The summed E-state index contributed by atoms with van der Waals surface area (Å²) < 4.78 is 5.01. The first-order valence-electron chi connectivity index (χ1n) is 9.40. The second-order valence-electron chi connectivity index (χ2n) is 6.33. The zero-order valence-corrected chi connectivity index (χ0v) is 14.7. The number of nitrogens with zero attached hydrogens (tertiary/aromatic N) is 2. The highest BCUT2D eigenvalue weighted by atomic mass is 15.1. The van der Waals surface area contributed by atoms with Crippen molar-refractivity contribution in [2.24, 2.45) is 0 Å². The fourth-order valence-corrected chi connectivity index (χ4v) is 3.01. The van der Waals surface area contributed by atoms with Crippen LogP contribution in [0.1, 0.15) is 90.8 Å². The van der Waals surface area contributed by atoms with Gasteiger partial charge in [-0.25, -0.2) is 9.13 Å². The smallest absolute Gasteiger partial charge is 0.234 e. The maximum atomic E-state index is 2.51. The number of hydrogen-bond donors (Lipinski definition) is 0. The van der Waals surface area contributed by atoms with Gasteiger partial charge in [0.2, 0.25) is 0 Å². The van der Waals surface area contributed by atoms with Crippen LogP contribution in [0.25, 0.3) is 0 Å². The standard InChI is InChI=1S/C19H37N2/c1-4-7-9-10-11-13-16-21-18-17-20(15-12-8-5-2)19(21)14-6-3/h17-18H,4-16H2,1-3H3/q+1. The van der Waals surface area contributed by atoms with Gasteiger partial charge in [0.25, 0.3) is 5.82 Å². The molecule has 0 radical (unpaired) electrons. The molecule has 0 aromatic carbocycles. The van der Waals surface area contributed by atoms with E-state index in [1.165, 1.54) is 83.7 Å². The highest BCUT2D eigenvalue weighted by Gasteiger charge is 2.15. The Morgan fingerprint density at radius 1 is 0.810 bits per heavy atom. The van der Waals surface area contributed by atoms with Crippen LogP contribution in [0.3, 0.4) is 0 Å². The van der Waals surface area contributed by atoms with E-state index in [1.54, 1.807) is 5.82 Å². The molecule has 0 aliphatic rings. The van der Waals surface area contributed by atoms with Crippen molar-refractivity contribution in [1.82, 2.24) is 4.57 Å². The summed E-state index contributed by atoms with van der Waals surface area (Å²) >= 11 is 0. The molecule has 0 N–H and O–H groups in total. The van der Waals surface area contributed by atoms with Crippen molar-refractivity contribution in [1.29, 1.82) is 0 Å². The van der Waals surface area contributed by atoms with E-state index in [9.17, 15) is 0 Å². The summed E-state index contributed by atoms with van der Waals surface area (Å²) in [6.45, 7) is 9.27. The van der Waals surface area contributed by atoms with E-state index in [1.807, 2.05) is 0 Å².